The van der Waals surface area contributed by atoms with Crippen LogP contribution in [0.1, 0.15) is 0 Å². The van der Waals surface area contributed by atoms with Crippen molar-refractivity contribution in [2.75, 3.05) is 0 Å². The van der Waals surface area contributed by atoms with E-state index in [1.165, 1.54) is 0 Å². The van der Waals surface area contributed by atoms with Gasteiger partial charge < -0.3 is 24.5 Å². The molecule has 0 aromatic rings. The molecular weight excluding hydrogens is 495 g/mol. The van der Waals surface area contributed by atoms with Crippen LogP contribution in [0, 0.1) is 0 Å². The molecule has 20 heteroatoms. The maximum absolute atomic E-state index is 10.4. The molecule has 0 fully saturated rings. The van der Waals surface area contributed by atoms with Crippen LogP contribution < -0.4 is 0 Å². The third-order valence-corrected chi connectivity index (χ3v) is 3.77. The molecule has 0 saturated carbocycles. The molecule has 0 aromatic heterocycles. The summed E-state index contributed by atoms with van der Waals surface area (Å²) in [4.78, 5) is 40.2. The van der Waals surface area contributed by atoms with Gasteiger partial charge in [0.05, 0.1) is 0 Å². The molecule has 0 bridgehead atoms. The van der Waals surface area contributed by atoms with Gasteiger partial charge in [-0.2, -0.15) is 8.62 Å². The quantitative estimate of drug-likeness (QED) is 0.202. The maximum atomic E-state index is 10.4. The summed E-state index contributed by atoms with van der Waals surface area (Å²) in [6, 6.07) is 0. The van der Waals surface area contributed by atoms with E-state index in [1.807, 2.05) is 0 Å². The van der Waals surface area contributed by atoms with Gasteiger partial charge in [0.1, 0.15) is 0 Å². The van der Waals surface area contributed by atoms with Gasteiger partial charge in [-0.05, 0) is 0 Å². The van der Waals surface area contributed by atoms with Gasteiger partial charge >= 0.3 is 80.0 Å². The van der Waals surface area contributed by atoms with Gasteiger partial charge in [0, 0.05) is 68.3 Å². The Morgan fingerprint density at radius 2 is 0.750 bits per heavy atom. The van der Waals surface area contributed by atoms with E-state index in [0.717, 1.165) is 0 Å². The first-order valence-electron chi connectivity index (χ1n) is 2.28. The van der Waals surface area contributed by atoms with Gasteiger partial charge in [-0.1, -0.05) is 0 Å². The van der Waals surface area contributed by atoms with Crippen molar-refractivity contribution in [3.8, 4) is 0 Å². The zero-order chi connectivity index (χ0) is 10.9. The van der Waals surface area contributed by atoms with E-state index in [-0.39, 0.29) is 125 Å². The standard InChI is InChI=1S/2Fe.3Li.2Mn.H5O10P3.3H/c;;;;;;;1-11(2,3)9-13(7,8)10-12(4,5)6;;;/h;;;;;;;(H,7,8)(H2,1,2,3)(H2,4,5,6);;;. The summed E-state index contributed by atoms with van der Waals surface area (Å²) in [5, 5.41) is 0. The molecular formula is H8Fe2Li3Mn2O10P3. The van der Waals surface area contributed by atoms with Gasteiger partial charge in [0.15, 0.2) is 0 Å². The Balaban J connectivity index is -0.0000000343. The molecule has 0 aliphatic rings. The molecule has 10 nitrogen and oxygen atoms in total. The molecule has 5 N–H and O–H groups in total. The molecule has 0 heterocycles. The SMILES string of the molecule is O=P(O)(O)OP(=O)(O)OP(=O)(O)O.[Fe].[Fe].[LiH].[LiH].[LiH].[Mn].[Mn]. The van der Waals surface area contributed by atoms with Gasteiger partial charge in [0.2, 0.25) is 0 Å². The Bertz CT molecular complexity index is 302. The van der Waals surface area contributed by atoms with Crippen molar-refractivity contribution in [1.29, 1.82) is 0 Å². The van der Waals surface area contributed by atoms with Gasteiger partial charge in [-0.3, -0.25) is 0 Å². The molecule has 0 aliphatic carbocycles. The van der Waals surface area contributed by atoms with Gasteiger partial charge in [0.25, 0.3) is 0 Å². The molecule has 20 heavy (non-hydrogen) atoms. The topological polar surface area (TPSA) is 171 Å². The molecule has 0 atom stereocenters. The van der Waals surface area contributed by atoms with Crippen LogP contribution >= 0.6 is 23.5 Å². The largest absolute Gasteiger partial charge is 0 e. The minimum atomic E-state index is -5.46. The summed E-state index contributed by atoms with van der Waals surface area (Å²) in [6.07, 6.45) is 0. The molecule has 0 spiro atoms. The summed E-state index contributed by atoms with van der Waals surface area (Å²) >= 11 is 0. The summed E-state index contributed by atoms with van der Waals surface area (Å²) in [5.74, 6) is 0. The van der Waals surface area contributed by atoms with Crippen molar-refractivity contribution in [3.63, 3.8) is 0 Å². The first-order chi connectivity index (χ1) is 5.41. The number of hydrogen-bond acceptors (Lipinski definition) is 5. The molecule has 0 amide bonds. The zero-order valence-electron chi connectivity index (χ0n) is 7.08. The molecule has 0 aliphatic heterocycles. The first-order valence-corrected chi connectivity index (χ1v) is 6.83. The van der Waals surface area contributed by atoms with Crippen LogP contribution in [0.4, 0.5) is 0 Å². The van der Waals surface area contributed by atoms with Crippen LogP contribution in [0.3, 0.4) is 0 Å². The molecule has 0 rings (SSSR count). The van der Waals surface area contributed by atoms with Crippen molar-refractivity contribution in [1.82, 2.24) is 0 Å². The zero-order valence-corrected chi connectivity index (χ0v) is 14.3. The second kappa shape index (κ2) is 19.6. The smallest absolute Gasteiger partial charge is 0 e. The molecule has 0 saturated heterocycles. The normalized spacial score (nSPS) is 9.45. The van der Waals surface area contributed by atoms with Crippen LogP contribution in [0.5, 0.6) is 0 Å². The number of rotatable bonds is 4. The number of phosphoric acid groups is 3. The summed E-state index contributed by atoms with van der Waals surface area (Å²) in [5.41, 5.74) is 0. The monoisotopic (exact) mass is 504 g/mol. The third kappa shape index (κ3) is 38.1. The van der Waals surface area contributed by atoms with Crippen LogP contribution in [0.15, 0.2) is 0 Å². The van der Waals surface area contributed by atoms with Gasteiger partial charge in [-0.25, -0.2) is 13.7 Å². The Kier molecular flexibility index (Phi) is 48.7. The predicted molar refractivity (Wildman–Crippen MR) is 57.5 cm³/mol. The maximum Gasteiger partial charge on any atom is 0 e. The fourth-order valence-electron chi connectivity index (χ4n) is 0.284. The van der Waals surface area contributed by atoms with E-state index in [2.05, 4.69) is 8.62 Å². The van der Waals surface area contributed by atoms with Crippen molar-refractivity contribution in [2.45, 2.75) is 0 Å². The van der Waals surface area contributed by atoms with Crippen molar-refractivity contribution >= 4 is 80.0 Å². The van der Waals surface area contributed by atoms with E-state index in [0.29, 0.717) is 0 Å². The third-order valence-electron chi connectivity index (χ3n) is 0.419. The van der Waals surface area contributed by atoms with E-state index >= 15 is 0 Å². The van der Waals surface area contributed by atoms with Crippen molar-refractivity contribution < 1.29 is 115 Å². The van der Waals surface area contributed by atoms with Crippen LogP contribution in [0.2, 0.25) is 0 Å². The summed E-state index contributed by atoms with van der Waals surface area (Å²) < 4.78 is 36.4. The summed E-state index contributed by atoms with van der Waals surface area (Å²) in [6.45, 7) is 0. The predicted octanol–water partition coefficient (Wildman–Crippen LogP) is -2.65. The molecule has 0 unspecified atom stereocenters. The fourth-order valence-corrected chi connectivity index (χ4v) is 2.82. The second-order valence-electron chi connectivity index (χ2n) is 1.61. The minimum Gasteiger partial charge on any atom is 0 e. The second-order valence-corrected chi connectivity index (χ2v) is 5.82. The van der Waals surface area contributed by atoms with Crippen molar-refractivity contribution in [2.24, 2.45) is 0 Å². The average Bonchev–Trinajstić information content (AvgIpc) is 1.43. The van der Waals surface area contributed by atoms with E-state index in [4.69, 9.17) is 24.5 Å². The van der Waals surface area contributed by atoms with Gasteiger partial charge in [-0.15, -0.1) is 0 Å². The number of hydrogen-bond donors (Lipinski definition) is 5. The molecule has 116 valence electrons. The van der Waals surface area contributed by atoms with Crippen LogP contribution in [0.25, 0.3) is 0 Å². The van der Waals surface area contributed by atoms with Crippen molar-refractivity contribution in [3.05, 3.63) is 0 Å². The van der Waals surface area contributed by atoms with Crippen LogP contribution in [-0.4, -0.2) is 81.0 Å². The Hall–Kier alpha value is 4.28. The van der Waals surface area contributed by atoms with E-state index in [1.54, 1.807) is 0 Å². The fraction of sp³-hybridized carbons (Fsp3) is 0. The Labute approximate surface area is 192 Å². The van der Waals surface area contributed by atoms with E-state index in [9.17, 15) is 13.7 Å². The average molecular weight is 503 g/mol. The summed E-state index contributed by atoms with van der Waals surface area (Å²) in [7, 11) is -16.2. The molecule has 0 aromatic carbocycles. The first kappa shape index (κ1) is 49.6. The molecule has 2 radical (unpaired) electrons. The van der Waals surface area contributed by atoms with Crippen LogP contribution in [-0.2, 0) is 90.6 Å². The minimum absolute atomic E-state index is 0. The Morgan fingerprint density at radius 1 is 0.600 bits per heavy atom. The Morgan fingerprint density at radius 3 is 0.850 bits per heavy atom. The van der Waals surface area contributed by atoms with E-state index < -0.39 is 23.5 Å².